The van der Waals surface area contributed by atoms with Crippen molar-refractivity contribution < 1.29 is 9.69 Å². The molecule has 1 aliphatic rings. The summed E-state index contributed by atoms with van der Waals surface area (Å²) in [5.74, 6) is 0.747. The molecule has 1 amide bonds. The second kappa shape index (κ2) is 8.50. The number of rotatable bonds is 6. The van der Waals surface area contributed by atoms with Crippen molar-refractivity contribution in [1.82, 2.24) is 9.88 Å². The number of nitrogens with one attached hydrogen (secondary N) is 1. The normalized spacial score (nSPS) is 20.0. The molecule has 1 saturated heterocycles. The monoisotopic (exact) mass is 400 g/mol. The Hall–Kier alpha value is -1.76. The van der Waals surface area contributed by atoms with Crippen LogP contribution in [0.5, 0.6) is 0 Å². The third-order valence-corrected chi connectivity index (χ3v) is 7.40. The van der Waals surface area contributed by atoms with Crippen molar-refractivity contribution in [3.63, 3.8) is 0 Å². The summed E-state index contributed by atoms with van der Waals surface area (Å²) in [6.07, 6.45) is 2.35. The summed E-state index contributed by atoms with van der Waals surface area (Å²) in [6.45, 7) is 6.28. The van der Waals surface area contributed by atoms with E-state index in [2.05, 4.69) is 48.7 Å². The number of benzene rings is 1. The molecule has 0 bridgehead atoms. The minimum atomic E-state index is 0.269. The van der Waals surface area contributed by atoms with Crippen molar-refractivity contribution in [1.29, 1.82) is 0 Å². The lowest BCUT2D eigenvalue weighted by Gasteiger charge is -2.30. The summed E-state index contributed by atoms with van der Waals surface area (Å²) in [5.41, 5.74) is 1.11. The predicted octanol–water partition coefficient (Wildman–Crippen LogP) is 3.17. The molecule has 1 unspecified atom stereocenters. The Morgan fingerprint density at radius 1 is 1.30 bits per heavy atom. The van der Waals surface area contributed by atoms with Gasteiger partial charge in [-0.3, -0.25) is 4.79 Å². The first-order chi connectivity index (χ1) is 13.2. The third kappa shape index (κ3) is 4.39. The number of nitrogens with zero attached hydrogens (tertiary/aromatic N) is 2. The number of quaternary nitrogens is 1. The number of thiazole rings is 1. The second-order valence-corrected chi connectivity index (χ2v) is 9.32. The number of likely N-dealkylation sites (tertiary alicyclic amines) is 1. The van der Waals surface area contributed by atoms with E-state index in [0.717, 1.165) is 31.7 Å². The van der Waals surface area contributed by atoms with Crippen molar-refractivity contribution >= 4 is 38.8 Å². The van der Waals surface area contributed by atoms with Gasteiger partial charge in [0.05, 0.1) is 35.8 Å². The summed E-state index contributed by atoms with van der Waals surface area (Å²) in [6, 6.07) is 12.5. The van der Waals surface area contributed by atoms with E-state index in [9.17, 15) is 4.79 Å². The molecule has 1 aromatic carbocycles. The summed E-state index contributed by atoms with van der Waals surface area (Å²) in [5, 5.41) is 3.32. The minimum absolute atomic E-state index is 0.269. The van der Waals surface area contributed by atoms with E-state index in [0.29, 0.717) is 12.5 Å². The molecule has 2 atom stereocenters. The van der Waals surface area contributed by atoms with E-state index in [1.54, 1.807) is 11.3 Å². The van der Waals surface area contributed by atoms with E-state index in [1.807, 2.05) is 16.2 Å². The van der Waals surface area contributed by atoms with Gasteiger partial charge in [-0.2, -0.15) is 0 Å². The lowest BCUT2D eigenvalue weighted by Crippen LogP contribution is -3.14. The highest BCUT2D eigenvalue weighted by Gasteiger charge is 2.29. The number of carbonyl (C=O) groups excluding carboxylic acids is 1. The second-order valence-electron chi connectivity index (χ2n) is 7.23. The number of amides is 1. The summed E-state index contributed by atoms with van der Waals surface area (Å²) in [7, 11) is 0. The fourth-order valence-corrected chi connectivity index (χ4v) is 5.70. The molecular formula is C21H26N3OS2+. The maximum absolute atomic E-state index is 12.8. The van der Waals surface area contributed by atoms with Crippen molar-refractivity contribution in [3.05, 3.63) is 51.7 Å². The molecule has 6 heteroatoms. The molecule has 3 heterocycles. The highest BCUT2D eigenvalue weighted by molar-refractivity contribution is 7.18. The number of piperidine rings is 1. The Morgan fingerprint density at radius 3 is 2.96 bits per heavy atom. The quantitative estimate of drug-likeness (QED) is 0.690. The standard InChI is InChI=1S/C21H25N3OS2/c1-2-24(14-17-8-6-12-26-17)20(25)15-23-11-5-7-16(13-23)21-22-18-9-3-4-10-19(18)27-21/h3-4,6,8-10,12,16H,2,5,7,11,13-15H2,1H3/p+1/t16-/m0/s1. The highest BCUT2D eigenvalue weighted by Crippen LogP contribution is 2.30. The van der Waals surface area contributed by atoms with E-state index >= 15 is 0 Å². The zero-order valence-electron chi connectivity index (χ0n) is 15.7. The molecular weight excluding hydrogens is 374 g/mol. The van der Waals surface area contributed by atoms with Gasteiger partial charge < -0.3 is 9.80 Å². The largest absolute Gasteiger partial charge is 0.333 e. The van der Waals surface area contributed by atoms with Gasteiger partial charge in [-0.05, 0) is 43.3 Å². The first-order valence-corrected chi connectivity index (χ1v) is 11.4. The van der Waals surface area contributed by atoms with Crippen molar-refractivity contribution in [3.8, 4) is 0 Å². The number of aromatic nitrogens is 1. The molecule has 27 heavy (non-hydrogen) atoms. The molecule has 142 valence electrons. The molecule has 2 aromatic heterocycles. The van der Waals surface area contributed by atoms with Crippen LogP contribution in [0.1, 0.15) is 35.6 Å². The van der Waals surface area contributed by atoms with E-state index in [4.69, 9.17) is 4.98 Å². The molecule has 0 aliphatic carbocycles. The molecule has 4 rings (SSSR count). The Bertz CT molecular complexity index is 857. The molecule has 0 spiro atoms. The molecule has 4 nitrogen and oxygen atoms in total. The minimum Gasteiger partial charge on any atom is -0.333 e. The number of para-hydroxylation sites is 1. The Morgan fingerprint density at radius 2 is 2.19 bits per heavy atom. The van der Waals surface area contributed by atoms with Gasteiger partial charge in [-0.1, -0.05) is 18.2 Å². The Labute approximate surface area is 168 Å². The van der Waals surface area contributed by atoms with Crippen LogP contribution < -0.4 is 4.90 Å². The van der Waals surface area contributed by atoms with Gasteiger partial charge in [-0.15, -0.1) is 22.7 Å². The van der Waals surface area contributed by atoms with Crippen LogP contribution in [0.2, 0.25) is 0 Å². The van der Waals surface area contributed by atoms with Gasteiger partial charge in [0.25, 0.3) is 5.91 Å². The fourth-order valence-electron chi connectivity index (χ4n) is 3.88. The van der Waals surface area contributed by atoms with Crippen LogP contribution in [-0.2, 0) is 11.3 Å². The van der Waals surface area contributed by atoms with Crippen molar-refractivity contribution in [2.24, 2.45) is 0 Å². The fraction of sp³-hybridized carbons (Fsp3) is 0.429. The molecule has 3 aromatic rings. The van der Waals surface area contributed by atoms with Crippen LogP contribution in [0.25, 0.3) is 10.2 Å². The zero-order valence-corrected chi connectivity index (χ0v) is 17.3. The van der Waals surface area contributed by atoms with Gasteiger partial charge in [0.15, 0.2) is 6.54 Å². The maximum Gasteiger partial charge on any atom is 0.278 e. The average Bonchev–Trinajstić information content (AvgIpc) is 3.35. The van der Waals surface area contributed by atoms with Crippen LogP contribution >= 0.6 is 22.7 Å². The number of thiophene rings is 1. The molecule has 0 radical (unpaired) electrons. The van der Waals surface area contributed by atoms with Crippen molar-refractivity contribution in [2.45, 2.75) is 32.2 Å². The SMILES string of the molecule is CCN(Cc1cccs1)C(=O)C[NH+]1CCC[C@H](c2nc3ccccc3s2)C1. The molecule has 1 N–H and O–H groups in total. The van der Waals surface area contributed by atoms with E-state index < -0.39 is 0 Å². The molecule has 1 aliphatic heterocycles. The maximum atomic E-state index is 12.8. The Balaban J connectivity index is 1.39. The third-order valence-electron chi connectivity index (χ3n) is 5.34. The Kier molecular flexibility index (Phi) is 5.86. The van der Waals surface area contributed by atoms with Crippen LogP contribution in [-0.4, -0.2) is 42.0 Å². The first kappa shape index (κ1) is 18.6. The van der Waals surface area contributed by atoms with Crippen LogP contribution in [0.3, 0.4) is 0 Å². The van der Waals surface area contributed by atoms with Crippen LogP contribution in [0.4, 0.5) is 0 Å². The van der Waals surface area contributed by atoms with Gasteiger partial charge >= 0.3 is 0 Å². The molecule has 1 fully saturated rings. The van der Waals surface area contributed by atoms with E-state index in [1.165, 1.54) is 32.3 Å². The first-order valence-electron chi connectivity index (χ1n) is 9.72. The van der Waals surface area contributed by atoms with Gasteiger partial charge in [0.1, 0.15) is 5.01 Å². The van der Waals surface area contributed by atoms with Gasteiger partial charge in [0, 0.05) is 11.4 Å². The van der Waals surface area contributed by atoms with Crippen LogP contribution in [0, 0.1) is 0 Å². The number of fused-ring (bicyclic) bond motifs is 1. The number of hydrogen-bond acceptors (Lipinski definition) is 4. The number of likely N-dealkylation sites (N-methyl/N-ethyl adjacent to an activating group) is 1. The predicted molar refractivity (Wildman–Crippen MR) is 113 cm³/mol. The van der Waals surface area contributed by atoms with Crippen LogP contribution in [0.15, 0.2) is 41.8 Å². The summed E-state index contributed by atoms with van der Waals surface area (Å²) < 4.78 is 1.27. The summed E-state index contributed by atoms with van der Waals surface area (Å²) >= 11 is 3.54. The topological polar surface area (TPSA) is 37.6 Å². The molecule has 0 saturated carbocycles. The highest BCUT2D eigenvalue weighted by atomic mass is 32.1. The zero-order chi connectivity index (χ0) is 18.6. The average molecular weight is 401 g/mol. The number of hydrogen-bond donors (Lipinski definition) is 1. The van der Waals surface area contributed by atoms with Crippen molar-refractivity contribution in [2.75, 3.05) is 26.2 Å². The van der Waals surface area contributed by atoms with E-state index in [-0.39, 0.29) is 5.91 Å². The smallest absolute Gasteiger partial charge is 0.278 e. The number of carbonyl (C=O) groups is 1. The lowest BCUT2D eigenvalue weighted by atomic mass is 9.98. The summed E-state index contributed by atoms with van der Waals surface area (Å²) in [4.78, 5) is 22.4. The lowest BCUT2D eigenvalue weighted by molar-refractivity contribution is -0.898. The van der Waals surface area contributed by atoms with Gasteiger partial charge in [-0.25, -0.2) is 4.98 Å². The van der Waals surface area contributed by atoms with Gasteiger partial charge in [0.2, 0.25) is 0 Å².